The number of aliphatic hydroxyl groups is 2. The Kier molecular flexibility index (Phi) is 6.59. The second-order valence-corrected chi connectivity index (χ2v) is 14.6. The number of esters is 1. The quantitative estimate of drug-likeness (QED) is 0.366. The third kappa shape index (κ3) is 3.72. The maximum absolute atomic E-state index is 14.8. The molecule has 0 radical (unpaired) electrons. The fourth-order valence-electron chi connectivity index (χ4n) is 6.04. The number of amides is 2. The van der Waals surface area contributed by atoms with Crippen LogP contribution in [0.2, 0.25) is 0 Å². The van der Waals surface area contributed by atoms with Crippen LogP contribution in [0.15, 0.2) is 60.6 Å². The molecule has 43 heavy (non-hydrogen) atoms. The zero-order chi connectivity index (χ0) is 30.3. The Morgan fingerprint density at radius 2 is 1.60 bits per heavy atom. The Bertz CT molecular complexity index is 1630. The van der Waals surface area contributed by atoms with Crippen LogP contribution in [0.3, 0.4) is 0 Å². The molecule has 0 aliphatic carbocycles. The van der Waals surface area contributed by atoms with E-state index in [4.69, 9.17) is 23.7 Å². The van der Waals surface area contributed by atoms with E-state index in [9.17, 15) is 24.6 Å². The molecular weight excluding hydrogens is 621 g/mol. The van der Waals surface area contributed by atoms with E-state index in [-0.39, 0.29) is 28.2 Å². The smallest absolute Gasteiger partial charge is 0.338 e. The van der Waals surface area contributed by atoms with Gasteiger partial charge in [0.15, 0.2) is 23.0 Å². The third-order valence-corrected chi connectivity index (χ3v) is 13.3. The number of fused-ring (bicyclic) bond motifs is 7. The monoisotopic (exact) mass is 644 g/mol. The van der Waals surface area contributed by atoms with Crippen LogP contribution in [-0.2, 0) is 19.1 Å². The highest BCUT2D eigenvalue weighted by atomic mass is 33.5. The van der Waals surface area contributed by atoms with Crippen LogP contribution in [-0.4, -0.2) is 87.1 Å². The number of hydrogen-bond donors (Lipinski definition) is 2. The molecule has 12 nitrogen and oxygen atoms in total. The minimum absolute atomic E-state index is 0.106. The summed E-state index contributed by atoms with van der Waals surface area (Å²) in [6.45, 7) is 0. The maximum Gasteiger partial charge on any atom is 0.338 e. The second kappa shape index (κ2) is 10.0. The van der Waals surface area contributed by atoms with Crippen LogP contribution in [0.5, 0.6) is 23.0 Å². The van der Waals surface area contributed by atoms with Crippen molar-refractivity contribution in [3.63, 3.8) is 0 Å². The SMILES string of the molecule is COc1ccc2cc1Oc1cc(ccc1OC)C(O)C13SSSC4(C(=O)N1C)C(O)C1=COC=CC(OC2=O)C1N4C3=O. The fourth-order valence-corrected chi connectivity index (χ4v) is 12.0. The van der Waals surface area contributed by atoms with Gasteiger partial charge in [0.25, 0.3) is 11.8 Å². The van der Waals surface area contributed by atoms with E-state index in [2.05, 4.69) is 0 Å². The number of rotatable bonds is 2. The summed E-state index contributed by atoms with van der Waals surface area (Å²) in [6, 6.07) is 8.02. The molecule has 0 aromatic heterocycles. The Balaban J connectivity index is 1.50. The van der Waals surface area contributed by atoms with Crippen molar-refractivity contribution in [3.8, 4) is 23.0 Å². The lowest BCUT2D eigenvalue weighted by Gasteiger charge is -2.52. The van der Waals surface area contributed by atoms with E-state index < -0.39 is 51.9 Å². The van der Waals surface area contributed by atoms with E-state index in [1.54, 1.807) is 18.2 Å². The zero-order valence-corrected chi connectivity index (χ0v) is 25.2. The largest absolute Gasteiger partial charge is 0.493 e. The van der Waals surface area contributed by atoms with Gasteiger partial charge in [-0.2, -0.15) is 0 Å². The van der Waals surface area contributed by atoms with Crippen molar-refractivity contribution in [2.24, 2.45) is 0 Å². The minimum Gasteiger partial charge on any atom is -0.493 e. The number of carbonyl (C=O) groups is 3. The Morgan fingerprint density at radius 3 is 2.35 bits per heavy atom. The minimum atomic E-state index is -1.88. The molecule has 6 heterocycles. The van der Waals surface area contributed by atoms with Gasteiger partial charge in [0, 0.05) is 12.6 Å². The normalized spacial score (nSPS) is 32.4. The van der Waals surface area contributed by atoms with Gasteiger partial charge in [-0.25, -0.2) is 4.79 Å². The van der Waals surface area contributed by atoms with Crippen molar-refractivity contribution in [3.05, 3.63) is 71.7 Å². The number of nitrogens with zero attached hydrogens (tertiary/aromatic N) is 2. The van der Waals surface area contributed by atoms with Crippen molar-refractivity contribution >= 4 is 49.2 Å². The van der Waals surface area contributed by atoms with Crippen molar-refractivity contribution in [2.45, 2.75) is 34.1 Å². The van der Waals surface area contributed by atoms with Gasteiger partial charge in [0.05, 0.1) is 32.3 Å². The molecule has 4 fully saturated rings. The molecule has 6 atom stereocenters. The molecule has 2 aromatic carbocycles. The summed E-state index contributed by atoms with van der Waals surface area (Å²) in [6.07, 6.45) is -0.248. The molecule has 2 spiro atoms. The zero-order valence-electron chi connectivity index (χ0n) is 22.8. The lowest BCUT2D eigenvalue weighted by Crippen LogP contribution is -2.75. The van der Waals surface area contributed by atoms with E-state index in [1.165, 1.54) is 67.9 Å². The highest BCUT2D eigenvalue weighted by Gasteiger charge is 2.76. The Labute approximate surface area is 256 Å². The number of benzene rings is 2. The van der Waals surface area contributed by atoms with Gasteiger partial charge in [0.1, 0.15) is 24.4 Å². The van der Waals surface area contributed by atoms with Gasteiger partial charge in [0.2, 0.25) is 9.74 Å². The average molecular weight is 645 g/mol. The Hall–Kier alpha value is -3.50. The highest BCUT2D eigenvalue weighted by Crippen LogP contribution is 2.67. The van der Waals surface area contributed by atoms with Crippen molar-refractivity contribution in [1.29, 1.82) is 0 Å². The summed E-state index contributed by atoms with van der Waals surface area (Å²) in [4.78, 5) is 41.5. The lowest BCUT2D eigenvalue weighted by molar-refractivity contribution is -0.174. The number of methoxy groups -OCH3 is 2. The van der Waals surface area contributed by atoms with Crippen LogP contribution in [0, 0.1) is 0 Å². The number of likely N-dealkylation sites (N-methyl/N-ethyl adjacent to an activating group) is 1. The summed E-state index contributed by atoms with van der Waals surface area (Å²) in [5, 5.41) is 23.8. The number of aliphatic hydroxyl groups excluding tert-OH is 2. The first kappa shape index (κ1) is 28.3. The van der Waals surface area contributed by atoms with E-state index >= 15 is 0 Å². The lowest BCUT2D eigenvalue weighted by atomic mass is 9.93. The van der Waals surface area contributed by atoms with Gasteiger partial charge in [-0.3, -0.25) is 9.59 Å². The summed E-state index contributed by atoms with van der Waals surface area (Å²) < 4.78 is 28.6. The van der Waals surface area contributed by atoms with Crippen LogP contribution in [0.25, 0.3) is 0 Å². The average Bonchev–Trinajstić information content (AvgIpc) is 3.17. The molecule has 6 aliphatic heterocycles. The first-order chi connectivity index (χ1) is 20.7. The van der Waals surface area contributed by atoms with Crippen LogP contribution in [0.1, 0.15) is 22.0 Å². The number of hydrogen-bond acceptors (Lipinski definition) is 13. The first-order valence-corrected chi connectivity index (χ1v) is 16.5. The number of carbonyl (C=O) groups excluding carboxylic acids is 3. The van der Waals surface area contributed by atoms with Gasteiger partial charge in [-0.1, -0.05) is 6.07 Å². The van der Waals surface area contributed by atoms with Gasteiger partial charge in [-0.05, 0) is 73.4 Å². The maximum atomic E-state index is 14.8. The summed E-state index contributed by atoms with van der Waals surface area (Å²) in [5.41, 5.74) is 0.539. The highest BCUT2D eigenvalue weighted by molar-refractivity contribution is 9.10. The van der Waals surface area contributed by atoms with Crippen molar-refractivity contribution in [1.82, 2.24) is 9.80 Å². The van der Waals surface area contributed by atoms with Crippen molar-refractivity contribution < 1.29 is 48.3 Å². The summed E-state index contributed by atoms with van der Waals surface area (Å²) in [7, 11) is 7.44. The topological polar surface area (TPSA) is 144 Å². The number of ether oxygens (including phenoxy) is 5. The van der Waals surface area contributed by atoms with Crippen molar-refractivity contribution in [2.75, 3.05) is 21.3 Å². The van der Waals surface area contributed by atoms with Gasteiger partial charge >= 0.3 is 5.97 Å². The molecule has 6 aliphatic rings. The predicted molar refractivity (Wildman–Crippen MR) is 156 cm³/mol. The standard InChI is InChI=1S/C28H24N2O10S3/c1-29-25(34)28-23(32)15-12-38-9-8-18-21(15)30(28)26(35)27(29,41-43-42-28)22(31)13-4-6-16(36-2)19(10-13)39-20-11-14(24(33)40-18)5-7-17(20)37-3/h4-12,18,21-23,31-32H,1-3H3. The molecule has 4 saturated heterocycles. The van der Waals surface area contributed by atoms with E-state index in [1.807, 2.05) is 0 Å². The van der Waals surface area contributed by atoms with Gasteiger partial charge < -0.3 is 43.7 Å². The molecule has 224 valence electrons. The molecule has 2 amide bonds. The first-order valence-electron chi connectivity index (χ1n) is 13.0. The third-order valence-electron chi connectivity index (χ3n) is 8.22. The summed E-state index contributed by atoms with van der Waals surface area (Å²) >= 11 is 0. The van der Waals surface area contributed by atoms with Gasteiger partial charge in [-0.15, -0.1) is 0 Å². The molecule has 2 N–H and O–H groups in total. The summed E-state index contributed by atoms with van der Waals surface area (Å²) in [5.74, 6) is -1.09. The fraction of sp³-hybridized carbons (Fsp3) is 0.321. The molecule has 6 unspecified atom stereocenters. The van der Waals surface area contributed by atoms with E-state index in [0.29, 0.717) is 11.5 Å². The predicted octanol–water partition coefficient (Wildman–Crippen LogP) is 2.98. The molecule has 7 bridgehead atoms. The molecule has 0 saturated carbocycles. The molecule has 15 heteroatoms. The molecular formula is C28H24N2O10S3. The molecule has 8 rings (SSSR count). The van der Waals surface area contributed by atoms with Crippen LogP contribution in [0.4, 0.5) is 0 Å². The second-order valence-electron chi connectivity index (χ2n) is 10.2. The van der Waals surface area contributed by atoms with Crippen LogP contribution < -0.4 is 14.2 Å². The number of piperazine rings is 1. The Morgan fingerprint density at radius 1 is 0.907 bits per heavy atom. The van der Waals surface area contributed by atoms with E-state index in [0.717, 1.165) is 31.4 Å². The molecule has 2 aromatic rings. The van der Waals surface area contributed by atoms with Crippen LogP contribution >= 0.6 is 31.4 Å².